The van der Waals surface area contributed by atoms with Gasteiger partial charge in [-0.2, -0.15) is 13.2 Å². The highest BCUT2D eigenvalue weighted by Crippen LogP contribution is 2.31. The van der Waals surface area contributed by atoms with Gasteiger partial charge in [0.15, 0.2) is 0 Å². The van der Waals surface area contributed by atoms with Gasteiger partial charge in [-0.15, -0.1) is 0 Å². The molecule has 0 saturated heterocycles. The van der Waals surface area contributed by atoms with Crippen LogP contribution in [0.3, 0.4) is 0 Å². The van der Waals surface area contributed by atoms with E-state index >= 15 is 0 Å². The number of nitrogens with zero attached hydrogens (tertiary/aromatic N) is 2. The molecule has 0 aliphatic rings. The second-order valence-corrected chi connectivity index (χ2v) is 5.25. The SMILES string of the molecule is CN(C)CC(C)(O)CNc1cc(C(F)(F)F)cc(N)n1. The Balaban J connectivity index is 2.81. The molecule has 0 bridgehead atoms. The molecule has 8 heteroatoms. The summed E-state index contributed by atoms with van der Waals surface area (Å²) in [6, 6.07) is 1.63. The fourth-order valence-corrected chi connectivity index (χ4v) is 1.82. The normalized spacial score (nSPS) is 15.2. The van der Waals surface area contributed by atoms with Crippen molar-refractivity contribution in [2.24, 2.45) is 0 Å². The molecule has 114 valence electrons. The molecule has 0 radical (unpaired) electrons. The maximum absolute atomic E-state index is 12.6. The maximum Gasteiger partial charge on any atom is 0.416 e. The van der Waals surface area contributed by atoms with Crippen molar-refractivity contribution in [3.05, 3.63) is 17.7 Å². The summed E-state index contributed by atoms with van der Waals surface area (Å²) in [5.41, 5.74) is 3.38. The van der Waals surface area contributed by atoms with Gasteiger partial charge in [-0.1, -0.05) is 0 Å². The van der Waals surface area contributed by atoms with E-state index < -0.39 is 17.3 Å². The molecular weight excluding hydrogens is 273 g/mol. The summed E-state index contributed by atoms with van der Waals surface area (Å²) in [5.74, 6) is -0.245. The van der Waals surface area contributed by atoms with E-state index in [0.29, 0.717) is 6.54 Å². The molecule has 1 aromatic heterocycles. The number of aliphatic hydroxyl groups is 1. The van der Waals surface area contributed by atoms with Crippen LogP contribution in [-0.4, -0.2) is 47.8 Å². The molecule has 0 spiro atoms. The summed E-state index contributed by atoms with van der Waals surface area (Å²) in [6.45, 7) is 1.99. The molecule has 0 amide bonds. The lowest BCUT2D eigenvalue weighted by Gasteiger charge is -2.27. The fourth-order valence-electron chi connectivity index (χ4n) is 1.82. The number of anilines is 2. The summed E-state index contributed by atoms with van der Waals surface area (Å²) in [5, 5.41) is 12.7. The van der Waals surface area contributed by atoms with Gasteiger partial charge in [0.05, 0.1) is 11.2 Å². The largest absolute Gasteiger partial charge is 0.416 e. The van der Waals surface area contributed by atoms with Crippen LogP contribution in [0.1, 0.15) is 12.5 Å². The van der Waals surface area contributed by atoms with Crippen LogP contribution in [0.15, 0.2) is 12.1 Å². The molecule has 0 saturated carbocycles. The van der Waals surface area contributed by atoms with Gasteiger partial charge < -0.3 is 21.1 Å². The number of nitrogen functional groups attached to an aromatic ring is 1. The van der Waals surface area contributed by atoms with Crippen molar-refractivity contribution in [2.45, 2.75) is 18.7 Å². The number of likely N-dealkylation sites (N-methyl/N-ethyl adjacent to an activating group) is 1. The molecule has 1 atom stereocenters. The molecule has 0 aliphatic heterocycles. The highest BCUT2D eigenvalue weighted by molar-refractivity contribution is 5.47. The number of hydrogen-bond acceptors (Lipinski definition) is 5. The van der Waals surface area contributed by atoms with Gasteiger partial charge in [-0.25, -0.2) is 4.98 Å². The molecule has 1 unspecified atom stereocenters. The Bertz CT molecular complexity index is 461. The van der Waals surface area contributed by atoms with Crippen LogP contribution in [-0.2, 0) is 6.18 Å². The number of hydrogen-bond donors (Lipinski definition) is 3. The Hall–Kier alpha value is -1.54. The van der Waals surface area contributed by atoms with Gasteiger partial charge in [0.25, 0.3) is 0 Å². The van der Waals surface area contributed by atoms with Crippen LogP contribution in [0.4, 0.5) is 24.8 Å². The molecule has 0 aromatic carbocycles. The van der Waals surface area contributed by atoms with Crippen LogP contribution in [0.2, 0.25) is 0 Å². The third-order valence-electron chi connectivity index (χ3n) is 2.48. The lowest BCUT2D eigenvalue weighted by molar-refractivity contribution is -0.137. The average Bonchev–Trinajstić information content (AvgIpc) is 2.23. The van der Waals surface area contributed by atoms with Crippen molar-refractivity contribution in [1.82, 2.24) is 9.88 Å². The van der Waals surface area contributed by atoms with Crippen LogP contribution >= 0.6 is 0 Å². The molecule has 4 N–H and O–H groups in total. The van der Waals surface area contributed by atoms with Crippen LogP contribution in [0.5, 0.6) is 0 Å². The van der Waals surface area contributed by atoms with Gasteiger partial charge in [0, 0.05) is 13.1 Å². The summed E-state index contributed by atoms with van der Waals surface area (Å²) in [6.07, 6.45) is -4.49. The smallest absolute Gasteiger partial charge is 0.387 e. The van der Waals surface area contributed by atoms with Crippen LogP contribution < -0.4 is 11.1 Å². The first-order chi connectivity index (χ1) is 8.99. The Morgan fingerprint density at radius 2 is 1.95 bits per heavy atom. The minimum Gasteiger partial charge on any atom is -0.387 e. The van der Waals surface area contributed by atoms with E-state index in [1.165, 1.54) is 0 Å². The third kappa shape index (κ3) is 5.22. The van der Waals surface area contributed by atoms with Crippen molar-refractivity contribution < 1.29 is 18.3 Å². The van der Waals surface area contributed by atoms with E-state index in [1.54, 1.807) is 25.9 Å². The molecular formula is C12H19F3N4O. The van der Waals surface area contributed by atoms with Crippen molar-refractivity contribution in [3.8, 4) is 0 Å². The third-order valence-corrected chi connectivity index (χ3v) is 2.48. The fraction of sp³-hybridized carbons (Fsp3) is 0.583. The molecule has 1 aromatic rings. The zero-order valence-electron chi connectivity index (χ0n) is 11.6. The van der Waals surface area contributed by atoms with E-state index in [1.807, 2.05) is 0 Å². The quantitative estimate of drug-likeness (QED) is 0.765. The zero-order valence-corrected chi connectivity index (χ0v) is 11.6. The number of aromatic nitrogens is 1. The second kappa shape index (κ2) is 5.84. The van der Waals surface area contributed by atoms with Gasteiger partial charge in [0.1, 0.15) is 11.6 Å². The molecule has 5 nitrogen and oxygen atoms in total. The number of nitrogens with one attached hydrogen (secondary N) is 1. The number of halogens is 3. The van der Waals surface area contributed by atoms with Gasteiger partial charge in [-0.05, 0) is 33.2 Å². The van der Waals surface area contributed by atoms with E-state index in [2.05, 4.69) is 10.3 Å². The maximum atomic E-state index is 12.6. The summed E-state index contributed by atoms with van der Waals surface area (Å²) >= 11 is 0. The molecule has 20 heavy (non-hydrogen) atoms. The van der Waals surface area contributed by atoms with Crippen LogP contribution in [0, 0.1) is 0 Å². The monoisotopic (exact) mass is 292 g/mol. The van der Waals surface area contributed by atoms with Gasteiger partial charge >= 0.3 is 6.18 Å². The first kappa shape index (κ1) is 16.5. The highest BCUT2D eigenvalue weighted by atomic mass is 19.4. The van der Waals surface area contributed by atoms with Crippen molar-refractivity contribution in [2.75, 3.05) is 38.2 Å². The Kier molecular flexibility index (Phi) is 4.82. The van der Waals surface area contributed by atoms with Crippen molar-refractivity contribution in [1.29, 1.82) is 0 Å². The summed E-state index contributed by atoms with van der Waals surface area (Å²) in [7, 11) is 3.57. The topological polar surface area (TPSA) is 74.4 Å². The summed E-state index contributed by atoms with van der Waals surface area (Å²) in [4.78, 5) is 5.54. The van der Waals surface area contributed by atoms with E-state index in [4.69, 9.17) is 5.73 Å². The minimum atomic E-state index is -4.49. The lowest BCUT2D eigenvalue weighted by Crippen LogP contribution is -2.43. The van der Waals surface area contributed by atoms with Gasteiger partial charge in [0.2, 0.25) is 0 Å². The van der Waals surface area contributed by atoms with E-state index in [-0.39, 0.29) is 18.2 Å². The van der Waals surface area contributed by atoms with Gasteiger partial charge in [-0.3, -0.25) is 0 Å². The standard InChI is InChI=1S/C12H19F3N4O/c1-11(20,7-19(2)3)6-17-10-5-8(12(13,14)15)4-9(16)18-10/h4-5,20H,6-7H2,1-3H3,(H3,16,17,18). The Morgan fingerprint density at radius 1 is 1.35 bits per heavy atom. The molecule has 0 aliphatic carbocycles. The number of rotatable bonds is 5. The van der Waals surface area contributed by atoms with Crippen molar-refractivity contribution in [3.63, 3.8) is 0 Å². The molecule has 1 heterocycles. The second-order valence-electron chi connectivity index (χ2n) is 5.25. The van der Waals surface area contributed by atoms with Crippen molar-refractivity contribution >= 4 is 11.6 Å². The van der Waals surface area contributed by atoms with E-state index in [9.17, 15) is 18.3 Å². The first-order valence-corrected chi connectivity index (χ1v) is 5.95. The number of alkyl halides is 3. The molecule has 1 rings (SSSR count). The van der Waals surface area contributed by atoms with Crippen LogP contribution in [0.25, 0.3) is 0 Å². The predicted octanol–water partition coefficient (Wildman–Crippen LogP) is 1.41. The first-order valence-electron chi connectivity index (χ1n) is 5.95. The minimum absolute atomic E-state index is 0.0173. The van der Waals surface area contributed by atoms with E-state index in [0.717, 1.165) is 12.1 Å². The summed E-state index contributed by atoms with van der Waals surface area (Å²) < 4.78 is 37.9. The number of nitrogens with two attached hydrogens (primary N) is 1. The lowest BCUT2D eigenvalue weighted by atomic mass is 10.1. The Morgan fingerprint density at radius 3 is 2.45 bits per heavy atom. The highest BCUT2D eigenvalue weighted by Gasteiger charge is 2.31. The zero-order chi connectivity index (χ0) is 15.6. The average molecular weight is 292 g/mol. The Labute approximate surface area is 115 Å². The predicted molar refractivity (Wildman–Crippen MR) is 71.3 cm³/mol. The molecule has 0 fully saturated rings. The number of pyridine rings is 1.